The fraction of sp³-hybridized carbons (Fsp3) is 0.300. The second kappa shape index (κ2) is 4.71. The average molecular weight is 224 g/mol. The number of nitro benzene ring substituents is 1. The summed E-state index contributed by atoms with van der Waals surface area (Å²) in [5.74, 6) is -1.88. The van der Waals surface area contributed by atoms with Crippen LogP contribution in [0.4, 0.5) is 5.69 Å². The number of nitro groups is 1. The van der Waals surface area contributed by atoms with Gasteiger partial charge in [-0.2, -0.15) is 0 Å². The summed E-state index contributed by atoms with van der Waals surface area (Å²) < 4.78 is 0. The van der Waals surface area contributed by atoms with Crippen molar-refractivity contribution in [2.24, 2.45) is 5.73 Å². The molecule has 6 nitrogen and oxygen atoms in total. The monoisotopic (exact) mass is 224 g/mol. The maximum atomic E-state index is 10.9. The molecule has 0 bridgehead atoms. The van der Waals surface area contributed by atoms with Crippen LogP contribution in [0, 0.1) is 10.1 Å². The van der Waals surface area contributed by atoms with Crippen LogP contribution in [0.25, 0.3) is 0 Å². The molecule has 0 aliphatic carbocycles. The Morgan fingerprint density at radius 2 is 1.94 bits per heavy atom. The summed E-state index contributed by atoms with van der Waals surface area (Å²) in [7, 11) is 0. The second-order valence-corrected chi connectivity index (χ2v) is 3.52. The summed E-state index contributed by atoms with van der Waals surface area (Å²) in [6.45, 7) is 1.58. The molecule has 2 unspecified atom stereocenters. The number of hydrogen-bond donors (Lipinski definition) is 2. The first-order valence-electron chi connectivity index (χ1n) is 4.66. The minimum absolute atomic E-state index is 0.0717. The second-order valence-electron chi connectivity index (χ2n) is 3.52. The highest BCUT2D eigenvalue weighted by atomic mass is 16.6. The number of non-ortho nitro benzene ring substituents is 1. The number of nitrogens with zero attached hydrogens (tertiary/aromatic N) is 1. The minimum Gasteiger partial charge on any atom is -0.481 e. The van der Waals surface area contributed by atoms with E-state index in [1.165, 1.54) is 24.3 Å². The van der Waals surface area contributed by atoms with Gasteiger partial charge in [0.15, 0.2) is 0 Å². The van der Waals surface area contributed by atoms with E-state index in [-0.39, 0.29) is 5.69 Å². The van der Waals surface area contributed by atoms with Crippen molar-refractivity contribution in [1.29, 1.82) is 0 Å². The molecule has 2 atom stereocenters. The molecular formula is C10H12N2O4. The summed E-state index contributed by atoms with van der Waals surface area (Å²) in [5, 5.41) is 19.4. The van der Waals surface area contributed by atoms with Crippen molar-refractivity contribution in [2.75, 3.05) is 0 Å². The number of rotatable bonds is 4. The Kier molecular flexibility index (Phi) is 3.57. The minimum atomic E-state index is -1.04. The van der Waals surface area contributed by atoms with Crippen LogP contribution >= 0.6 is 0 Å². The van der Waals surface area contributed by atoms with Crippen molar-refractivity contribution in [1.82, 2.24) is 0 Å². The van der Waals surface area contributed by atoms with Gasteiger partial charge >= 0.3 is 5.97 Å². The maximum Gasteiger partial charge on any atom is 0.312 e. The molecule has 0 saturated heterocycles. The van der Waals surface area contributed by atoms with E-state index in [2.05, 4.69) is 0 Å². The first-order chi connectivity index (χ1) is 7.43. The number of benzene rings is 1. The van der Waals surface area contributed by atoms with Gasteiger partial charge in [0.05, 0.1) is 10.8 Å². The van der Waals surface area contributed by atoms with Crippen molar-refractivity contribution >= 4 is 11.7 Å². The average Bonchev–Trinajstić information content (AvgIpc) is 2.17. The molecule has 86 valence electrons. The molecule has 0 heterocycles. The van der Waals surface area contributed by atoms with Crippen molar-refractivity contribution in [3.05, 3.63) is 39.9 Å². The van der Waals surface area contributed by atoms with Gasteiger partial charge in [0.2, 0.25) is 0 Å². The number of carboxylic acid groups (broad SMARTS) is 1. The third-order valence-corrected chi connectivity index (χ3v) is 2.25. The first-order valence-corrected chi connectivity index (χ1v) is 4.66. The van der Waals surface area contributed by atoms with Gasteiger partial charge < -0.3 is 10.8 Å². The molecule has 1 rings (SSSR count). The predicted molar refractivity (Wildman–Crippen MR) is 57.1 cm³/mol. The number of aliphatic carboxylic acids is 1. The lowest BCUT2D eigenvalue weighted by atomic mass is 9.93. The standard InChI is InChI=1S/C10H12N2O4/c1-6(11)9(10(13)14)7-2-4-8(5-3-7)12(15)16/h2-6,9H,11H2,1H3,(H,13,14). The Hall–Kier alpha value is -1.95. The van der Waals surface area contributed by atoms with E-state index in [1.807, 2.05) is 0 Å². The van der Waals surface area contributed by atoms with E-state index in [0.29, 0.717) is 5.56 Å². The summed E-state index contributed by atoms with van der Waals surface area (Å²) >= 11 is 0. The third-order valence-electron chi connectivity index (χ3n) is 2.25. The summed E-state index contributed by atoms with van der Waals surface area (Å²) in [5.41, 5.74) is 5.95. The molecule has 0 spiro atoms. The van der Waals surface area contributed by atoms with Gasteiger partial charge in [-0.25, -0.2) is 0 Å². The number of carboxylic acids is 1. The number of nitrogens with two attached hydrogens (primary N) is 1. The van der Waals surface area contributed by atoms with E-state index in [9.17, 15) is 14.9 Å². The normalized spacial score (nSPS) is 14.1. The van der Waals surface area contributed by atoms with Crippen LogP contribution < -0.4 is 5.73 Å². The van der Waals surface area contributed by atoms with Crippen molar-refractivity contribution in [2.45, 2.75) is 18.9 Å². The zero-order valence-corrected chi connectivity index (χ0v) is 8.66. The van der Waals surface area contributed by atoms with E-state index in [4.69, 9.17) is 10.8 Å². The Morgan fingerprint density at radius 3 is 2.25 bits per heavy atom. The van der Waals surface area contributed by atoms with Gasteiger partial charge in [0, 0.05) is 18.2 Å². The Bertz CT molecular complexity index is 400. The highest BCUT2D eigenvalue weighted by molar-refractivity contribution is 5.77. The molecule has 16 heavy (non-hydrogen) atoms. The molecule has 0 amide bonds. The third kappa shape index (κ3) is 2.54. The fourth-order valence-electron chi connectivity index (χ4n) is 1.47. The lowest BCUT2D eigenvalue weighted by Crippen LogP contribution is -2.30. The molecule has 0 aromatic heterocycles. The largest absolute Gasteiger partial charge is 0.481 e. The van der Waals surface area contributed by atoms with E-state index in [1.54, 1.807) is 6.92 Å². The van der Waals surface area contributed by atoms with Crippen molar-refractivity contribution < 1.29 is 14.8 Å². The van der Waals surface area contributed by atoms with E-state index < -0.39 is 22.9 Å². The van der Waals surface area contributed by atoms with Gasteiger partial charge in [0.1, 0.15) is 0 Å². The molecule has 0 aliphatic heterocycles. The zero-order valence-electron chi connectivity index (χ0n) is 8.66. The van der Waals surface area contributed by atoms with Crippen molar-refractivity contribution in [3.63, 3.8) is 0 Å². The lowest BCUT2D eigenvalue weighted by molar-refractivity contribution is -0.384. The lowest BCUT2D eigenvalue weighted by Gasteiger charge is -2.16. The molecule has 0 fully saturated rings. The summed E-state index contributed by atoms with van der Waals surface area (Å²) in [6, 6.07) is 4.82. The summed E-state index contributed by atoms with van der Waals surface area (Å²) in [6.07, 6.45) is 0. The number of hydrogen-bond acceptors (Lipinski definition) is 4. The van der Waals surface area contributed by atoms with Gasteiger partial charge in [-0.05, 0) is 12.5 Å². The van der Waals surface area contributed by atoms with Gasteiger partial charge in [-0.1, -0.05) is 12.1 Å². The van der Waals surface area contributed by atoms with E-state index >= 15 is 0 Å². The molecule has 3 N–H and O–H groups in total. The molecule has 1 aromatic carbocycles. The van der Waals surface area contributed by atoms with Crippen molar-refractivity contribution in [3.8, 4) is 0 Å². The number of carbonyl (C=O) groups is 1. The quantitative estimate of drug-likeness (QED) is 0.588. The van der Waals surface area contributed by atoms with E-state index in [0.717, 1.165) is 0 Å². The summed E-state index contributed by atoms with van der Waals surface area (Å²) in [4.78, 5) is 20.8. The maximum absolute atomic E-state index is 10.9. The highest BCUT2D eigenvalue weighted by Crippen LogP contribution is 2.21. The topological polar surface area (TPSA) is 106 Å². The Morgan fingerprint density at radius 1 is 1.44 bits per heavy atom. The molecule has 0 aliphatic rings. The predicted octanol–water partition coefficient (Wildman–Crippen LogP) is 1.11. The van der Waals surface area contributed by atoms with Crippen LogP contribution in [0.1, 0.15) is 18.4 Å². The molecule has 1 aromatic rings. The van der Waals surface area contributed by atoms with Gasteiger partial charge in [-0.15, -0.1) is 0 Å². The van der Waals surface area contributed by atoms with Crippen LogP contribution in [0.5, 0.6) is 0 Å². The molecule has 0 radical (unpaired) electrons. The molecule has 0 saturated carbocycles. The van der Waals surface area contributed by atoms with Gasteiger partial charge in [0.25, 0.3) is 5.69 Å². The smallest absolute Gasteiger partial charge is 0.312 e. The Balaban J connectivity index is 3.03. The molecule has 6 heteroatoms. The van der Waals surface area contributed by atoms with Gasteiger partial charge in [-0.3, -0.25) is 14.9 Å². The van der Waals surface area contributed by atoms with Crippen LogP contribution in [-0.4, -0.2) is 22.0 Å². The zero-order chi connectivity index (χ0) is 12.3. The Labute approximate surface area is 91.8 Å². The fourth-order valence-corrected chi connectivity index (χ4v) is 1.47. The molecular weight excluding hydrogens is 212 g/mol. The van der Waals surface area contributed by atoms with Crippen LogP contribution in [-0.2, 0) is 4.79 Å². The van der Waals surface area contributed by atoms with Crippen LogP contribution in [0.2, 0.25) is 0 Å². The van der Waals surface area contributed by atoms with Crippen LogP contribution in [0.15, 0.2) is 24.3 Å². The first kappa shape index (κ1) is 12.1. The SMILES string of the molecule is CC(N)C(C(=O)O)c1ccc([N+](=O)[O-])cc1. The van der Waals surface area contributed by atoms with Crippen LogP contribution in [0.3, 0.4) is 0 Å². The highest BCUT2D eigenvalue weighted by Gasteiger charge is 2.24.